The van der Waals surface area contributed by atoms with Gasteiger partial charge in [-0.25, -0.2) is 0 Å². The minimum absolute atomic E-state index is 0.801. The fourth-order valence-corrected chi connectivity index (χ4v) is 4.50. The molecule has 3 aromatic rings. The number of ether oxygens (including phenoxy) is 2. The fourth-order valence-electron chi connectivity index (χ4n) is 4.50. The van der Waals surface area contributed by atoms with Crippen molar-refractivity contribution in [1.29, 1.82) is 0 Å². The lowest BCUT2D eigenvalue weighted by Gasteiger charge is -2.07. The third-order valence-corrected chi connectivity index (χ3v) is 6.48. The summed E-state index contributed by atoms with van der Waals surface area (Å²) in [6.07, 6.45) is 15.4. The SMILES string of the molecule is CCCCCCCCOc1ccc2c(c1)c1cc(OCCCCCCCC)ccc1n2C. The van der Waals surface area contributed by atoms with Gasteiger partial charge in [-0.1, -0.05) is 78.1 Å². The number of aromatic nitrogens is 1. The van der Waals surface area contributed by atoms with Crippen LogP contribution in [-0.2, 0) is 7.05 Å². The summed E-state index contributed by atoms with van der Waals surface area (Å²) >= 11 is 0. The molecule has 0 amide bonds. The van der Waals surface area contributed by atoms with Crippen molar-refractivity contribution in [3.8, 4) is 11.5 Å². The quantitative estimate of drug-likeness (QED) is 0.209. The number of hydrogen-bond acceptors (Lipinski definition) is 2. The third kappa shape index (κ3) is 6.92. The average Bonchev–Trinajstić information content (AvgIpc) is 3.09. The number of unbranched alkanes of at least 4 members (excludes halogenated alkanes) is 10. The molecular weight excluding hydrogens is 394 g/mol. The van der Waals surface area contributed by atoms with Gasteiger partial charge in [-0.2, -0.15) is 0 Å². The Morgan fingerprint density at radius 3 is 1.41 bits per heavy atom. The molecule has 0 atom stereocenters. The van der Waals surface area contributed by atoms with E-state index in [-0.39, 0.29) is 0 Å². The van der Waals surface area contributed by atoms with Gasteiger partial charge in [-0.05, 0) is 49.2 Å². The Morgan fingerprint density at radius 1 is 0.562 bits per heavy atom. The maximum Gasteiger partial charge on any atom is 0.120 e. The molecule has 1 heterocycles. The molecule has 0 aliphatic rings. The molecular formula is C29H43NO2. The lowest BCUT2D eigenvalue weighted by molar-refractivity contribution is 0.304. The lowest BCUT2D eigenvalue weighted by Crippen LogP contribution is -1.97. The van der Waals surface area contributed by atoms with Crippen LogP contribution in [0.4, 0.5) is 0 Å². The Labute approximate surface area is 195 Å². The Morgan fingerprint density at radius 2 is 0.969 bits per heavy atom. The summed E-state index contributed by atoms with van der Waals surface area (Å²) in [6, 6.07) is 13.0. The normalized spacial score (nSPS) is 11.5. The third-order valence-electron chi connectivity index (χ3n) is 6.48. The van der Waals surface area contributed by atoms with Crippen LogP contribution in [0.5, 0.6) is 11.5 Å². The first kappa shape index (κ1) is 24.5. The lowest BCUT2D eigenvalue weighted by atomic mass is 10.1. The van der Waals surface area contributed by atoms with Crippen molar-refractivity contribution in [2.45, 2.75) is 90.9 Å². The van der Waals surface area contributed by atoms with Crippen LogP contribution in [0, 0.1) is 0 Å². The zero-order chi connectivity index (χ0) is 22.6. The summed E-state index contributed by atoms with van der Waals surface area (Å²) < 4.78 is 14.4. The van der Waals surface area contributed by atoms with E-state index in [2.05, 4.69) is 61.9 Å². The van der Waals surface area contributed by atoms with E-state index in [0.29, 0.717) is 0 Å². The maximum absolute atomic E-state index is 6.09. The molecule has 3 nitrogen and oxygen atoms in total. The van der Waals surface area contributed by atoms with E-state index in [0.717, 1.165) is 37.6 Å². The fraction of sp³-hybridized carbons (Fsp3) is 0.586. The first-order valence-electron chi connectivity index (χ1n) is 13.0. The summed E-state index contributed by atoms with van der Waals surface area (Å²) in [5.74, 6) is 1.94. The van der Waals surface area contributed by atoms with Crippen molar-refractivity contribution in [2.24, 2.45) is 7.05 Å². The molecule has 0 spiro atoms. The predicted molar refractivity (Wildman–Crippen MR) is 138 cm³/mol. The van der Waals surface area contributed by atoms with Gasteiger partial charge in [0, 0.05) is 28.9 Å². The molecule has 0 fully saturated rings. The molecule has 0 aliphatic carbocycles. The van der Waals surface area contributed by atoms with Gasteiger partial charge in [-0.15, -0.1) is 0 Å². The number of rotatable bonds is 16. The van der Waals surface area contributed by atoms with Crippen LogP contribution in [0.1, 0.15) is 90.9 Å². The highest BCUT2D eigenvalue weighted by Crippen LogP contribution is 2.33. The Hall–Kier alpha value is -2.16. The molecule has 1 aromatic heterocycles. The van der Waals surface area contributed by atoms with Gasteiger partial charge < -0.3 is 14.0 Å². The number of aryl methyl sites for hydroxylation is 1. The van der Waals surface area contributed by atoms with Gasteiger partial charge in [-0.3, -0.25) is 0 Å². The van der Waals surface area contributed by atoms with Crippen LogP contribution >= 0.6 is 0 Å². The zero-order valence-electron chi connectivity index (χ0n) is 20.6. The van der Waals surface area contributed by atoms with Crippen molar-refractivity contribution >= 4 is 21.8 Å². The molecule has 32 heavy (non-hydrogen) atoms. The standard InChI is InChI=1S/C29H43NO2/c1-4-6-8-10-12-14-20-31-24-16-18-28-26(22-24)27-23-25(17-19-29(27)30(28)3)32-21-15-13-11-9-7-5-2/h16-19,22-23H,4-15,20-21H2,1-3H3. The predicted octanol–water partition coefficient (Wildman–Crippen LogP) is 8.81. The Kier molecular flexibility index (Phi) is 10.3. The van der Waals surface area contributed by atoms with Crippen LogP contribution in [0.25, 0.3) is 21.8 Å². The van der Waals surface area contributed by atoms with Gasteiger partial charge in [0.25, 0.3) is 0 Å². The maximum atomic E-state index is 6.09. The summed E-state index contributed by atoms with van der Waals surface area (Å²) in [5.41, 5.74) is 2.47. The van der Waals surface area contributed by atoms with Gasteiger partial charge in [0.15, 0.2) is 0 Å². The molecule has 0 bridgehead atoms. The number of hydrogen-bond donors (Lipinski definition) is 0. The van der Waals surface area contributed by atoms with Gasteiger partial charge in [0.1, 0.15) is 11.5 Å². The van der Waals surface area contributed by atoms with Gasteiger partial charge >= 0.3 is 0 Å². The molecule has 0 N–H and O–H groups in total. The Balaban J connectivity index is 1.58. The van der Waals surface area contributed by atoms with Crippen molar-refractivity contribution < 1.29 is 9.47 Å². The number of benzene rings is 2. The van der Waals surface area contributed by atoms with Crippen LogP contribution in [0.3, 0.4) is 0 Å². The van der Waals surface area contributed by atoms with Crippen molar-refractivity contribution in [1.82, 2.24) is 4.57 Å². The highest BCUT2D eigenvalue weighted by molar-refractivity contribution is 6.08. The summed E-state index contributed by atoms with van der Waals surface area (Å²) in [5, 5.41) is 2.49. The first-order valence-corrected chi connectivity index (χ1v) is 13.0. The molecule has 0 radical (unpaired) electrons. The molecule has 176 valence electrons. The molecule has 0 aliphatic heterocycles. The average molecular weight is 438 g/mol. The summed E-state index contributed by atoms with van der Waals surface area (Å²) in [6.45, 7) is 6.12. The zero-order valence-corrected chi connectivity index (χ0v) is 20.6. The second-order valence-corrected chi connectivity index (χ2v) is 9.15. The van der Waals surface area contributed by atoms with Crippen molar-refractivity contribution in [2.75, 3.05) is 13.2 Å². The highest BCUT2D eigenvalue weighted by atomic mass is 16.5. The smallest absolute Gasteiger partial charge is 0.120 e. The largest absolute Gasteiger partial charge is 0.494 e. The van der Waals surface area contributed by atoms with E-state index in [1.165, 1.54) is 86.0 Å². The molecule has 2 aromatic carbocycles. The van der Waals surface area contributed by atoms with E-state index < -0.39 is 0 Å². The van der Waals surface area contributed by atoms with Gasteiger partial charge in [0.2, 0.25) is 0 Å². The minimum Gasteiger partial charge on any atom is -0.494 e. The highest BCUT2D eigenvalue weighted by Gasteiger charge is 2.10. The topological polar surface area (TPSA) is 23.4 Å². The first-order chi connectivity index (χ1) is 15.7. The van der Waals surface area contributed by atoms with Crippen LogP contribution in [0.2, 0.25) is 0 Å². The molecule has 3 heteroatoms. The number of nitrogens with zero attached hydrogens (tertiary/aromatic N) is 1. The number of fused-ring (bicyclic) bond motifs is 3. The molecule has 3 rings (SSSR count). The monoisotopic (exact) mass is 437 g/mol. The van der Waals surface area contributed by atoms with Crippen molar-refractivity contribution in [3.05, 3.63) is 36.4 Å². The molecule has 0 unspecified atom stereocenters. The summed E-state index contributed by atoms with van der Waals surface area (Å²) in [7, 11) is 2.14. The summed E-state index contributed by atoms with van der Waals surface area (Å²) in [4.78, 5) is 0. The van der Waals surface area contributed by atoms with E-state index in [4.69, 9.17) is 9.47 Å². The van der Waals surface area contributed by atoms with E-state index >= 15 is 0 Å². The van der Waals surface area contributed by atoms with Crippen molar-refractivity contribution in [3.63, 3.8) is 0 Å². The van der Waals surface area contributed by atoms with Crippen LogP contribution < -0.4 is 9.47 Å². The van der Waals surface area contributed by atoms with E-state index in [9.17, 15) is 0 Å². The van der Waals surface area contributed by atoms with Crippen LogP contribution in [0.15, 0.2) is 36.4 Å². The Bertz CT molecular complexity index is 868. The van der Waals surface area contributed by atoms with Crippen LogP contribution in [-0.4, -0.2) is 17.8 Å². The molecule has 0 saturated carbocycles. The van der Waals surface area contributed by atoms with Gasteiger partial charge in [0.05, 0.1) is 13.2 Å². The second-order valence-electron chi connectivity index (χ2n) is 9.15. The molecule has 0 saturated heterocycles. The van der Waals surface area contributed by atoms with E-state index in [1.54, 1.807) is 0 Å². The second kappa shape index (κ2) is 13.4. The minimum atomic E-state index is 0.801. The van der Waals surface area contributed by atoms with E-state index in [1.807, 2.05) is 0 Å².